The molecule has 5 nitrogen and oxygen atoms in total. The van der Waals surface area contributed by atoms with Crippen LogP contribution in [-0.4, -0.2) is 25.1 Å². The average molecular weight is 413 g/mol. The van der Waals surface area contributed by atoms with Crippen molar-refractivity contribution in [3.63, 3.8) is 0 Å². The molecule has 3 aromatic rings. The predicted molar refractivity (Wildman–Crippen MR) is 100 cm³/mol. The first-order valence-corrected chi connectivity index (χ1v) is 10.1. The minimum Gasteiger partial charge on any atom is -0.326 e. The van der Waals surface area contributed by atoms with Gasteiger partial charge in [-0.05, 0) is 23.8 Å². The summed E-state index contributed by atoms with van der Waals surface area (Å²) in [5, 5.41) is 3.49. The monoisotopic (exact) mass is 412 g/mol. The highest BCUT2D eigenvalue weighted by Gasteiger charge is 2.18. The van der Waals surface area contributed by atoms with E-state index in [1.54, 1.807) is 24.3 Å². The zero-order valence-electron chi connectivity index (χ0n) is 14.1. The average Bonchev–Trinajstić information content (AvgIpc) is 2.99. The molecule has 0 aliphatic heterocycles. The highest BCUT2D eigenvalue weighted by atomic mass is 35.5. The van der Waals surface area contributed by atoms with E-state index in [9.17, 15) is 22.0 Å². The molecule has 1 aromatic heterocycles. The lowest BCUT2D eigenvalue weighted by Gasteiger charge is -2.09. The van der Waals surface area contributed by atoms with Crippen LogP contribution in [0.5, 0.6) is 0 Å². The van der Waals surface area contributed by atoms with Crippen LogP contribution in [-0.2, 0) is 21.1 Å². The minimum atomic E-state index is -3.70. The van der Waals surface area contributed by atoms with Crippen LogP contribution in [0, 0.1) is 0 Å². The van der Waals surface area contributed by atoms with E-state index < -0.39 is 22.3 Å². The van der Waals surface area contributed by atoms with E-state index in [0.717, 1.165) is 18.6 Å². The number of benzene rings is 2. The molecule has 142 valence electrons. The van der Waals surface area contributed by atoms with Gasteiger partial charge in [0, 0.05) is 40.1 Å². The molecular weight excluding hydrogens is 398 g/mol. The molecular formula is C18H15ClF2N2O3S. The summed E-state index contributed by atoms with van der Waals surface area (Å²) in [5.74, 6) is -0.407. The molecule has 0 radical (unpaired) electrons. The first-order chi connectivity index (χ1) is 12.6. The van der Waals surface area contributed by atoms with Gasteiger partial charge in [-0.25, -0.2) is 8.42 Å². The Kier molecular flexibility index (Phi) is 5.21. The van der Waals surface area contributed by atoms with Crippen LogP contribution >= 0.6 is 11.6 Å². The third-order valence-corrected chi connectivity index (χ3v) is 5.46. The molecule has 0 saturated heterocycles. The molecule has 1 amide bonds. The van der Waals surface area contributed by atoms with Crippen molar-refractivity contribution in [1.82, 2.24) is 4.57 Å². The van der Waals surface area contributed by atoms with Gasteiger partial charge in [-0.2, -0.15) is 8.78 Å². The summed E-state index contributed by atoms with van der Waals surface area (Å²) >= 11 is 6.03. The summed E-state index contributed by atoms with van der Waals surface area (Å²) in [4.78, 5) is 12.2. The topological polar surface area (TPSA) is 68.2 Å². The minimum absolute atomic E-state index is 0.00996. The number of anilines is 1. The number of hydrogen-bond donors (Lipinski definition) is 1. The molecule has 0 bridgehead atoms. The van der Waals surface area contributed by atoms with Crippen molar-refractivity contribution in [1.29, 1.82) is 0 Å². The first kappa shape index (κ1) is 19.3. The summed E-state index contributed by atoms with van der Waals surface area (Å²) in [7, 11) is -3.70. The molecule has 0 saturated carbocycles. The molecule has 0 spiro atoms. The molecule has 1 heterocycles. The van der Waals surface area contributed by atoms with Crippen LogP contribution in [0.1, 0.15) is 12.1 Å². The Morgan fingerprint density at radius 2 is 1.93 bits per heavy atom. The number of fused-ring (bicyclic) bond motifs is 1. The fourth-order valence-corrected chi connectivity index (χ4v) is 3.87. The van der Waals surface area contributed by atoms with Crippen LogP contribution in [0.15, 0.2) is 53.7 Å². The van der Waals surface area contributed by atoms with Crippen LogP contribution in [0.2, 0.25) is 5.02 Å². The maximum Gasteiger partial charge on any atom is 0.318 e. The lowest BCUT2D eigenvalue weighted by molar-refractivity contribution is -0.115. The maximum atomic E-state index is 13.0. The highest BCUT2D eigenvalue weighted by molar-refractivity contribution is 7.91. The number of hydrogen-bond acceptors (Lipinski definition) is 3. The van der Waals surface area contributed by atoms with E-state index in [1.807, 2.05) is 0 Å². The van der Waals surface area contributed by atoms with E-state index in [2.05, 4.69) is 5.32 Å². The predicted octanol–water partition coefficient (Wildman–Crippen LogP) is 4.27. The number of carbonyl (C=O) groups is 1. The van der Waals surface area contributed by atoms with Gasteiger partial charge in [-0.1, -0.05) is 29.8 Å². The molecule has 2 aromatic carbocycles. The first-order valence-electron chi connectivity index (χ1n) is 7.82. The fraction of sp³-hybridized carbons (Fsp3) is 0.167. The highest BCUT2D eigenvalue weighted by Crippen LogP contribution is 2.30. The molecule has 0 atom stereocenters. The Morgan fingerprint density at radius 3 is 2.56 bits per heavy atom. The number of nitrogens with zero attached hydrogens (tertiary/aromatic N) is 1. The SMILES string of the molecule is CS(=O)(=O)c1cc(NC(=O)Cc2ccccc2Cl)cc2cn(C(F)F)cc12. The van der Waals surface area contributed by atoms with Gasteiger partial charge in [-0.15, -0.1) is 0 Å². The summed E-state index contributed by atoms with van der Waals surface area (Å²) in [5.41, 5.74) is 0.817. The normalized spacial score (nSPS) is 11.9. The van der Waals surface area contributed by atoms with Gasteiger partial charge in [0.15, 0.2) is 9.84 Å². The van der Waals surface area contributed by atoms with Crippen molar-refractivity contribution in [3.05, 3.63) is 59.4 Å². The molecule has 0 aliphatic carbocycles. The van der Waals surface area contributed by atoms with Crippen molar-refractivity contribution in [2.24, 2.45) is 0 Å². The van der Waals surface area contributed by atoms with Crippen LogP contribution in [0.3, 0.4) is 0 Å². The number of aromatic nitrogens is 1. The second-order valence-corrected chi connectivity index (χ2v) is 8.44. The van der Waals surface area contributed by atoms with Gasteiger partial charge in [0.1, 0.15) is 0 Å². The van der Waals surface area contributed by atoms with Gasteiger partial charge in [0.25, 0.3) is 0 Å². The second kappa shape index (κ2) is 7.28. The third-order valence-electron chi connectivity index (χ3n) is 3.96. The van der Waals surface area contributed by atoms with Gasteiger partial charge in [0.05, 0.1) is 11.3 Å². The smallest absolute Gasteiger partial charge is 0.318 e. The van der Waals surface area contributed by atoms with Gasteiger partial charge in [0.2, 0.25) is 5.91 Å². The van der Waals surface area contributed by atoms with Crippen molar-refractivity contribution < 1.29 is 22.0 Å². The summed E-state index contributed by atoms with van der Waals surface area (Å²) < 4.78 is 50.7. The molecule has 0 aliphatic rings. The quantitative estimate of drug-likeness (QED) is 0.680. The Morgan fingerprint density at radius 1 is 1.22 bits per heavy atom. The number of alkyl halides is 2. The van der Waals surface area contributed by atoms with Gasteiger partial charge >= 0.3 is 6.55 Å². The lowest BCUT2D eigenvalue weighted by Crippen LogP contribution is -2.15. The van der Waals surface area contributed by atoms with Crippen LogP contribution < -0.4 is 5.32 Å². The largest absolute Gasteiger partial charge is 0.326 e. The maximum absolute atomic E-state index is 13.0. The number of carbonyl (C=O) groups excluding carboxylic acids is 1. The number of amides is 1. The zero-order valence-corrected chi connectivity index (χ0v) is 15.7. The number of sulfone groups is 1. The Labute approximate surface area is 159 Å². The van der Waals surface area contributed by atoms with Crippen molar-refractivity contribution in [2.75, 3.05) is 11.6 Å². The number of nitrogens with one attached hydrogen (secondary N) is 1. The third kappa shape index (κ3) is 4.28. The van der Waals surface area contributed by atoms with Crippen molar-refractivity contribution in [3.8, 4) is 0 Å². The van der Waals surface area contributed by atoms with E-state index in [1.165, 1.54) is 12.1 Å². The molecule has 1 N–H and O–H groups in total. The van der Waals surface area contributed by atoms with Crippen LogP contribution in [0.25, 0.3) is 10.8 Å². The van der Waals surface area contributed by atoms with E-state index in [-0.39, 0.29) is 27.8 Å². The van der Waals surface area contributed by atoms with E-state index >= 15 is 0 Å². The van der Waals surface area contributed by atoms with Crippen molar-refractivity contribution in [2.45, 2.75) is 17.9 Å². The summed E-state index contributed by atoms with van der Waals surface area (Å²) in [6.07, 6.45) is 3.19. The second-order valence-electron chi connectivity index (χ2n) is 6.05. The van der Waals surface area contributed by atoms with Gasteiger partial charge < -0.3 is 5.32 Å². The molecule has 0 unspecified atom stereocenters. The summed E-state index contributed by atoms with van der Waals surface area (Å²) in [6, 6.07) is 9.56. The van der Waals surface area contributed by atoms with Gasteiger partial charge in [-0.3, -0.25) is 9.36 Å². The molecule has 27 heavy (non-hydrogen) atoms. The van der Waals surface area contributed by atoms with Crippen LogP contribution in [0.4, 0.5) is 14.5 Å². The molecule has 3 rings (SSSR count). The summed E-state index contributed by atoms with van der Waals surface area (Å²) in [6.45, 7) is -2.80. The lowest BCUT2D eigenvalue weighted by atomic mass is 10.1. The Balaban J connectivity index is 1.97. The molecule has 9 heteroatoms. The molecule has 0 fully saturated rings. The standard InChI is InChI=1S/C18H15ClF2N2O3S/c1-27(25,26)16-8-13(6-12-9-23(18(20)21)10-14(12)16)22-17(24)7-11-4-2-3-5-15(11)19/h2-6,8-10,18H,7H2,1H3,(H,22,24). The fourth-order valence-electron chi connectivity index (χ4n) is 2.75. The number of rotatable bonds is 5. The van der Waals surface area contributed by atoms with E-state index in [0.29, 0.717) is 15.2 Å². The Bertz CT molecular complexity index is 1130. The zero-order chi connectivity index (χ0) is 19.8. The van der Waals surface area contributed by atoms with Crippen molar-refractivity contribution >= 4 is 43.8 Å². The van der Waals surface area contributed by atoms with E-state index in [4.69, 9.17) is 11.6 Å². The Hall–Kier alpha value is -2.45. The number of halogens is 3.